The Morgan fingerprint density at radius 1 is 1.05 bits per heavy atom. The molecule has 2 aromatic carbocycles. The van der Waals surface area contributed by atoms with Crippen LogP contribution in [0.1, 0.15) is 39.7 Å². The van der Waals surface area contributed by atoms with Gasteiger partial charge in [-0.1, -0.05) is 32.9 Å². The highest BCUT2D eigenvalue weighted by Crippen LogP contribution is 2.36. The molecular formula is C26H34FN3O6S. The van der Waals surface area contributed by atoms with Gasteiger partial charge < -0.3 is 19.7 Å². The average molecular weight is 536 g/mol. The Bertz CT molecular complexity index is 1200. The van der Waals surface area contributed by atoms with Gasteiger partial charge in [0.25, 0.3) is 0 Å². The Morgan fingerprint density at radius 3 is 2.35 bits per heavy atom. The van der Waals surface area contributed by atoms with Crippen molar-refractivity contribution < 1.29 is 31.9 Å². The van der Waals surface area contributed by atoms with Gasteiger partial charge in [-0.3, -0.25) is 13.9 Å². The number of hydrogen-bond donors (Lipinski definition) is 1. The van der Waals surface area contributed by atoms with Crippen LogP contribution in [0.5, 0.6) is 11.5 Å². The molecule has 202 valence electrons. The number of carbonyl (C=O) groups excluding carboxylic acids is 2. The zero-order valence-corrected chi connectivity index (χ0v) is 22.4. The van der Waals surface area contributed by atoms with Crippen molar-refractivity contribution in [2.75, 3.05) is 29.9 Å². The molecular weight excluding hydrogens is 501 g/mol. The SMILES string of the molecule is CCC(C(=O)NCC(C)C)N(Cc1ccc(F)cc1)C(=O)CN(c1ccc2c(c1)OCO2)S(=O)(=O)CC. The molecule has 0 spiro atoms. The molecule has 1 aliphatic heterocycles. The van der Waals surface area contributed by atoms with E-state index in [0.717, 1.165) is 4.31 Å². The van der Waals surface area contributed by atoms with Crippen LogP contribution in [-0.4, -0.2) is 56.8 Å². The third-order valence-corrected chi connectivity index (χ3v) is 7.70. The number of benzene rings is 2. The lowest BCUT2D eigenvalue weighted by Crippen LogP contribution is -2.52. The summed E-state index contributed by atoms with van der Waals surface area (Å²) in [5, 5.41) is 2.86. The van der Waals surface area contributed by atoms with Gasteiger partial charge in [-0.2, -0.15) is 0 Å². The van der Waals surface area contributed by atoms with Crippen LogP contribution in [-0.2, 0) is 26.2 Å². The molecule has 9 nitrogen and oxygen atoms in total. The van der Waals surface area contributed by atoms with E-state index in [1.807, 2.05) is 13.8 Å². The number of halogens is 1. The first-order valence-corrected chi connectivity index (χ1v) is 13.9. The second kappa shape index (κ2) is 12.3. The molecule has 0 fully saturated rings. The van der Waals surface area contributed by atoms with E-state index in [2.05, 4.69) is 5.32 Å². The molecule has 0 bridgehead atoms. The second-order valence-electron chi connectivity index (χ2n) is 9.16. The Labute approximate surface area is 217 Å². The van der Waals surface area contributed by atoms with Crippen LogP contribution in [0.15, 0.2) is 42.5 Å². The van der Waals surface area contributed by atoms with E-state index in [4.69, 9.17) is 9.47 Å². The van der Waals surface area contributed by atoms with E-state index in [1.165, 1.54) is 42.2 Å². The zero-order chi connectivity index (χ0) is 27.2. The molecule has 1 aliphatic rings. The van der Waals surface area contributed by atoms with Crippen LogP contribution >= 0.6 is 0 Å². The number of ether oxygens (including phenoxy) is 2. The zero-order valence-electron chi connectivity index (χ0n) is 21.6. The smallest absolute Gasteiger partial charge is 0.244 e. The number of hydrogen-bond acceptors (Lipinski definition) is 6. The van der Waals surface area contributed by atoms with Crippen molar-refractivity contribution in [3.05, 3.63) is 53.8 Å². The van der Waals surface area contributed by atoms with Crippen LogP contribution in [0.4, 0.5) is 10.1 Å². The summed E-state index contributed by atoms with van der Waals surface area (Å²) in [7, 11) is -3.87. The maximum Gasteiger partial charge on any atom is 0.244 e. The van der Waals surface area contributed by atoms with Crippen LogP contribution in [0.3, 0.4) is 0 Å². The highest BCUT2D eigenvalue weighted by molar-refractivity contribution is 7.92. The normalized spacial score (nSPS) is 13.4. The lowest BCUT2D eigenvalue weighted by molar-refractivity contribution is -0.140. The van der Waals surface area contributed by atoms with Crippen molar-refractivity contribution in [2.45, 2.75) is 46.7 Å². The Morgan fingerprint density at radius 2 is 1.73 bits per heavy atom. The molecule has 0 radical (unpaired) electrons. The fraction of sp³-hybridized carbons (Fsp3) is 0.462. The van der Waals surface area contributed by atoms with Crippen molar-refractivity contribution in [3.63, 3.8) is 0 Å². The lowest BCUT2D eigenvalue weighted by Gasteiger charge is -2.33. The molecule has 11 heteroatoms. The molecule has 0 aromatic heterocycles. The van der Waals surface area contributed by atoms with Crippen LogP contribution < -0.4 is 19.1 Å². The number of sulfonamides is 1. The van der Waals surface area contributed by atoms with Gasteiger partial charge in [-0.25, -0.2) is 12.8 Å². The molecule has 37 heavy (non-hydrogen) atoms. The van der Waals surface area contributed by atoms with Crippen LogP contribution in [0.25, 0.3) is 0 Å². The minimum Gasteiger partial charge on any atom is -0.454 e. The summed E-state index contributed by atoms with van der Waals surface area (Å²) in [6.07, 6.45) is 0.307. The van der Waals surface area contributed by atoms with Crippen molar-refractivity contribution >= 4 is 27.5 Å². The summed E-state index contributed by atoms with van der Waals surface area (Å²) < 4.78 is 51.4. The number of amides is 2. The summed E-state index contributed by atoms with van der Waals surface area (Å²) >= 11 is 0. The number of nitrogens with one attached hydrogen (secondary N) is 1. The van der Waals surface area contributed by atoms with Gasteiger partial charge in [-0.05, 0) is 49.1 Å². The first-order chi connectivity index (χ1) is 17.6. The lowest BCUT2D eigenvalue weighted by atomic mass is 10.1. The van der Waals surface area contributed by atoms with E-state index < -0.39 is 34.3 Å². The average Bonchev–Trinajstić information content (AvgIpc) is 3.34. The van der Waals surface area contributed by atoms with Crippen molar-refractivity contribution in [1.29, 1.82) is 0 Å². The first-order valence-electron chi connectivity index (χ1n) is 12.3. The maximum atomic E-state index is 13.7. The molecule has 2 amide bonds. The Balaban J connectivity index is 1.95. The Kier molecular flexibility index (Phi) is 9.36. The summed E-state index contributed by atoms with van der Waals surface area (Å²) in [6.45, 7) is 7.13. The minimum absolute atomic E-state index is 0.00781. The molecule has 0 aliphatic carbocycles. The number of rotatable bonds is 12. The monoisotopic (exact) mass is 535 g/mol. The number of nitrogens with zero attached hydrogens (tertiary/aromatic N) is 2. The molecule has 1 heterocycles. The fourth-order valence-corrected chi connectivity index (χ4v) is 4.94. The van der Waals surface area contributed by atoms with Crippen LogP contribution in [0, 0.1) is 11.7 Å². The maximum absolute atomic E-state index is 13.7. The second-order valence-corrected chi connectivity index (χ2v) is 11.3. The van der Waals surface area contributed by atoms with Gasteiger partial charge >= 0.3 is 0 Å². The quantitative estimate of drug-likeness (QED) is 0.447. The molecule has 1 N–H and O–H groups in total. The van der Waals surface area contributed by atoms with E-state index >= 15 is 0 Å². The molecule has 2 aromatic rings. The molecule has 1 atom stereocenters. The van der Waals surface area contributed by atoms with E-state index in [0.29, 0.717) is 30.0 Å². The van der Waals surface area contributed by atoms with Gasteiger partial charge in [0.05, 0.1) is 11.4 Å². The predicted molar refractivity (Wildman–Crippen MR) is 138 cm³/mol. The molecule has 0 saturated heterocycles. The van der Waals surface area contributed by atoms with E-state index in [-0.39, 0.29) is 36.6 Å². The van der Waals surface area contributed by atoms with E-state index in [1.54, 1.807) is 19.1 Å². The standard InChI is InChI=1S/C26H34FN3O6S/c1-5-22(26(32)28-14-18(3)4)29(15-19-7-9-20(27)10-8-19)25(31)16-30(37(33,34)6-2)21-11-12-23-24(13-21)36-17-35-23/h7-13,18,22H,5-6,14-17H2,1-4H3,(H,28,32). The summed E-state index contributed by atoms with van der Waals surface area (Å²) in [6, 6.07) is 9.42. The number of anilines is 1. The van der Waals surface area contributed by atoms with Crippen molar-refractivity contribution in [3.8, 4) is 11.5 Å². The number of fused-ring (bicyclic) bond motifs is 1. The van der Waals surface area contributed by atoms with E-state index in [9.17, 15) is 22.4 Å². The van der Waals surface area contributed by atoms with Gasteiger partial charge in [0.1, 0.15) is 18.4 Å². The number of carbonyl (C=O) groups is 2. The molecule has 1 unspecified atom stereocenters. The highest BCUT2D eigenvalue weighted by Gasteiger charge is 2.33. The minimum atomic E-state index is -3.87. The molecule has 3 rings (SSSR count). The van der Waals surface area contributed by atoms with Crippen LogP contribution in [0.2, 0.25) is 0 Å². The largest absolute Gasteiger partial charge is 0.454 e. The summed E-state index contributed by atoms with van der Waals surface area (Å²) in [5.74, 6) is -0.493. The summed E-state index contributed by atoms with van der Waals surface area (Å²) in [5.41, 5.74) is 0.858. The van der Waals surface area contributed by atoms with Gasteiger partial charge in [0.2, 0.25) is 28.6 Å². The first kappa shape index (κ1) is 28.2. The van der Waals surface area contributed by atoms with Gasteiger partial charge in [0.15, 0.2) is 11.5 Å². The third-order valence-electron chi connectivity index (χ3n) is 5.96. The van der Waals surface area contributed by atoms with Gasteiger partial charge in [0, 0.05) is 19.2 Å². The van der Waals surface area contributed by atoms with Crippen molar-refractivity contribution in [1.82, 2.24) is 10.2 Å². The Hall–Kier alpha value is -3.34. The predicted octanol–water partition coefficient (Wildman–Crippen LogP) is 3.29. The summed E-state index contributed by atoms with van der Waals surface area (Å²) in [4.78, 5) is 28.2. The van der Waals surface area contributed by atoms with Crippen molar-refractivity contribution in [2.24, 2.45) is 5.92 Å². The fourth-order valence-electron chi connectivity index (χ4n) is 3.89. The topological polar surface area (TPSA) is 105 Å². The molecule has 0 saturated carbocycles. The highest BCUT2D eigenvalue weighted by atomic mass is 32.2. The third kappa shape index (κ3) is 7.12. The van der Waals surface area contributed by atoms with Gasteiger partial charge in [-0.15, -0.1) is 0 Å².